The molecule has 1 atom stereocenters. The average molecular weight is 290 g/mol. The average Bonchev–Trinajstić information content (AvgIpc) is 2.78. The van der Waals surface area contributed by atoms with Crippen LogP contribution in [0.3, 0.4) is 0 Å². The molecule has 1 heterocycles. The number of methoxy groups -OCH3 is 1. The van der Waals surface area contributed by atoms with Crippen molar-refractivity contribution in [2.45, 2.75) is 32.9 Å². The van der Waals surface area contributed by atoms with E-state index in [9.17, 15) is 0 Å². The van der Waals surface area contributed by atoms with Gasteiger partial charge in [0.1, 0.15) is 0 Å². The van der Waals surface area contributed by atoms with Crippen molar-refractivity contribution in [1.82, 2.24) is 15.1 Å². The fourth-order valence-corrected chi connectivity index (χ4v) is 2.27. The molecule has 0 aliphatic heterocycles. The molecule has 0 aromatic carbocycles. The van der Waals surface area contributed by atoms with Gasteiger partial charge in [0.05, 0.1) is 36.2 Å². The predicted octanol–water partition coefficient (Wildman–Crippen LogP) is 2.26. The van der Waals surface area contributed by atoms with Crippen LogP contribution in [-0.4, -0.2) is 43.3 Å². The fourth-order valence-electron chi connectivity index (χ4n) is 2.00. The van der Waals surface area contributed by atoms with Crippen molar-refractivity contribution in [2.24, 2.45) is 0 Å². The Morgan fingerprint density at radius 1 is 1.37 bits per heavy atom. The number of hydrogen-bond acceptors (Lipinski definition) is 4. The number of halogens is 1. The third kappa shape index (κ3) is 5.10. The summed E-state index contributed by atoms with van der Waals surface area (Å²) in [5, 5.41) is 8.43. The maximum absolute atomic E-state index is 6.23. The van der Waals surface area contributed by atoms with Crippen LogP contribution in [0.25, 0.3) is 0 Å². The van der Waals surface area contributed by atoms with E-state index in [2.05, 4.69) is 24.3 Å². The fraction of sp³-hybridized carbons (Fsp3) is 0.769. The number of aryl methyl sites for hydroxylation is 1. The zero-order valence-corrected chi connectivity index (χ0v) is 12.7. The number of nitrogens with zero attached hydrogens (tertiary/aromatic N) is 2. The van der Waals surface area contributed by atoms with Gasteiger partial charge in [0.15, 0.2) is 0 Å². The van der Waals surface area contributed by atoms with E-state index in [4.69, 9.17) is 21.1 Å². The van der Waals surface area contributed by atoms with Crippen LogP contribution in [0.1, 0.15) is 32.0 Å². The minimum atomic E-state index is 0.169. The molecule has 1 aromatic rings. The molecule has 0 aliphatic carbocycles. The molecule has 1 rings (SSSR count). The van der Waals surface area contributed by atoms with Gasteiger partial charge in [-0.1, -0.05) is 18.5 Å². The largest absolute Gasteiger partial charge is 0.382 e. The molecule has 1 aromatic heterocycles. The van der Waals surface area contributed by atoms with Crippen LogP contribution in [0.5, 0.6) is 0 Å². The minimum Gasteiger partial charge on any atom is -0.382 e. The van der Waals surface area contributed by atoms with Crippen molar-refractivity contribution in [3.63, 3.8) is 0 Å². The molecule has 1 N–H and O–H groups in total. The maximum Gasteiger partial charge on any atom is 0.0834 e. The van der Waals surface area contributed by atoms with Gasteiger partial charge in [-0.25, -0.2) is 0 Å². The summed E-state index contributed by atoms with van der Waals surface area (Å²) >= 11 is 6.23. The Hall–Kier alpha value is -0.620. The lowest BCUT2D eigenvalue weighted by molar-refractivity contribution is 0.0655. The van der Waals surface area contributed by atoms with Gasteiger partial charge in [0.2, 0.25) is 0 Å². The van der Waals surface area contributed by atoms with E-state index in [1.54, 1.807) is 13.3 Å². The molecule has 0 aliphatic rings. The smallest absolute Gasteiger partial charge is 0.0834 e. The van der Waals surface area contributed by atoms with Crippen LogP contribution >= 0.6 is 11.6 Å². The highest BCUT2D eigenvalue weighted by Crippen LogP contribution is 2.25. The lowest BCUT2D eigenvalue weighted by Crippen LogP contribution is -2.25. The summed E-state index contributed by atoms with van der Waals surface area (Å²) in [4.78, 5) is 0. The van der Waals surface area contributed by atoms with Crippen LogP contribution < -0.4 is 5.32 Å². The monoisotopic (exact) mass is 289 g/mol. The molecule has 0 amide bonds. The zero-order chi connectivity index (χ0) is 14.1. The molecule has 5 nitrogen and oxygen atoms in total. The summed E-state index contributed by atoms with van der Waals surface area (Å²) in [6, 6.07) is 0.169. The third-order valence-corrected chi connectivity index (χ3v) is 3.19. The van der Waals surface area contributed by atoms with Gasteiger partial charge in [0.25, 0.3) is 0 Å². The van der Waals surface area contributed by atoms with Gasteiger partial charge < -0.3 is 14.8 Å². The Morgan fingerprint density at radius 2 is 2.16 bits per heavy atom. The molecule has 1 unspecified atom stereocenters. The van der Waals surface area contributed by atoms with Crippen LogP contribution in [0.4, 0.5) is 0 Å². The summed E-state index contributed by atoms with van der Waals surface area (Å²) in [5.74, 6) is 0. The first kappa shape index (κ1) is 16.4. The minimum absolute atomic E-state index is 0.169. The number of nitrogens with one attached hydrogen (secondary N) is 1. The maximum atomic E-state index is 6.23. The van der Waals surface area contributed by atoms with Crippen molar-refractivity contribution in [3.05, 3.63) is 16.9 Å². The molecule has 19 heavy (non-hydrogen) atoms. The van der Waals surface area contributed by atoms with Gasteiger partial charge in [-0.3, -0.25) is 4.68 Å². The summed E-state index contributed by atoms with van der Waals surface area (Å²) in [6.07, 6.45) is 2.57. The van der Waals surface area contributed by atoms with Gasteiger partial charge >= 0.3 is 0 Å². The second-order valence-electron chi connectivity index (χ2n) is 4.20. The summed E-state index contributed by atoms with van der Waals surface area (Å²) in [7, 11) is 1.67. The van der Waals surface area contributed by atoms with E-state index in [1.807, 2.05) is 4.68 Å². The van der Waals surface area contributed by atoms with Crippen LogP contribution in [0.15, 0.2) is 6.20 Å². The van der Waals surface area contributed by atoms with Crippen molar-refractivity contribution in [3.8, 4) is 0 Å². The highest BCUT2D eigenvalue weighted by molar-refractivity contribution is 6.31. The van der Waals surface area contributed by atoms with Gasteiger partial charge in [0, 0.05) is 20.3 Å². The van der Waals surface area contributed by atoms with E-state index in [1.165, 1.54) is 0 Å². The Kier molecular flexibility index (Phi) is 8.05. The number of ether oxygens (including phenoxy) is 2. The van der Waals surface area contributed by atoms with E-state index >= 15 is 0 Å². The van der Waals surface area contributed by atoms with Gasteiger partial charge in [-0.05, 0) is 19.9 Å². The second kappa shape index (κ2) is 9.31. The van der Waals surface area contributed by atoms with E-state index in [-0.39, 0.29) is 6.04 Å². The lowest BCUT2D eigenvalue weighted by atomic mass is 10.1. The third-order valence-electron chi connectivity index (χ3n) is 2.90. The predicted molar refractivity (Wildman–Crippen MR) is 76.6 cm³/mol. The SMILES string of the molecule is CCNC(CCOCCOC)c1c(Cl)cnn1CC. The quantitative estimate of drug-likeness (QED) is 0.671. The molecule has 0 saturated heterocycles. The summed E-state index contributed by atoms with van der Waals surface area (Å²) in [5.41, 5.74) is 1.04. The zero-order valence-electron chi connectivity index (χ0n) is 12.0. The molecule has 0 radical (unpaired) electrons. The number of rotatable bonds is 10. The molecular weight excluding hydrogens is 266 g/mol. The molecule has 6 heteroatoms. The number of aromatic nitrogens is 2. The standard InChI is InChI=1S/C13H24ClN3O2/c1-4-15-12(6-7-19-9-8-18-3)13-11(14)10-16-17(13)5-2/h10,12,15H,4-9H2,1-3H3. The van der Waals surface area contributed by atoms with Crippen LogP contribution in [-0.2, 0) is 16.0 Å². The van der Waals surface area contributed by atoms with E-state index < -0.39 is 0 Å². The normalized spacial score (nSPS) is 12.8. The van der Waals surface area contributed by atoms with Crippen molar-refractivity contribution in [2.75, 3.05) is 33.5 Å². The summed E-state index contributed by atoms with van der Waals surface area (Å²) < 4.78 is 12.4. The van der Waals surface area contributed by atoms with Crippen LogP contribution in [0, 0.1) is 0 Å². The van der Waals surface area contributed by atoms with Crippen molar-refractivity contribution in [1.29, 1.82) is 0 Å². The van der Waals surface area contributed by atoms with E-state index in [0.29, 0.717) is 24.8 Å². The lowest BCUT2D eigenvalue weighted by Gasteiger charge is -2.19. The molecule has 0 saturated carbocycles. The molecule has 110 valence electrons. The Labute approximate surface area is 120 Å². The molecule has 0 bridgehead atoms. The highest BCUT2D eigenvalue weighted by atomic mass is 35.5. The van der Waals surface area contributed by atoms with Crippen molar-refractivity contribution >= 4 is 11.6 Å². The number of hydrogen-bond donors (Lipinski definition) is 1. The summed E-state index contributed by atoms with van der Waals surface area (Å²) in [6.45, 7) is 7.76. The highest BCUT2D eigenvalue weighted by Gasteiger charge is 2.18. The van der Waals surface area contributed by atoms with Crippen LogP contribution in [0.2, 0.25) is 5.02 Å². The first-order valence-electron chi connectivity index (χ1n) is 6.75. The van der Waals surface area contributed by atoms with E-state index in [0.717, 1.165) is 25.2 Å². The second-order valence-corrected chi connectivity index (χ2v) is 4.60. The Morgan fingerprint density at radius 3 is 2.79 bits per heavy atom. The first-order valence-corrected chi connectivity index (χ1v) is 7.13. The molecule has 0 spiro atoms. The van der Waals surface area contributed by atoms with Crippen molar-refractivity contribution < 1.29 is 9.47 Å². The topological polar surface area (TPSA) is 48.3 Å². The Bertz CT molecular complexity index is 358. The van der Waals surface area contributed by atoms with Gasteiger partial charge in [-0.2, -0.15) is 5.10 Å². The molecular formula is C13H24ClN3O2. The Balaban J connectivity index is 2.58. The first-order chi connectivity index (χ1) is 9.24. The molecule has 0 fully saturated rings. The van der Waals surface area contributed by atoms with Gasteiger partial charge in [-0.15, -0.1) is 0 Å².